The van der Waals surface area contributed by atoms with Crippen LogP contribution in [0.4, 0.5) is 0 Å². The largest absolute Gasteiger partial charge is 0.480 e. The van der Waals surface area contributed by atoms with Gasteiger partial charge in [0.1, 0.15) is 24.5 Å². The van der Waals surface area contributed by atoms with Crippen LogP contribution >= 0.6 is 0 Å². The second kappa shape index (κ2) is 11.9. The molecule has 0 spiro atoms. The van der Waals surface area contributed by atoms with Crippen LogP contribution < -0.4 is 16.5 Å². The van der Waals surface area contributed by atoms with Crippen LogP contribution in [-0.4, -0.2) is 64.1 Å². The molecule has 152 valence electrons. The predicted molar refractivity (Wildman–Crippen MR) is 83.9 cm³/mol. The molecule has 0 aromatic carbocycles. The lowest BCUT2D eigenvalue weighted by molar-refractivity contribution is -0.789. The zero-order valence-electron chi connectivity index (χ0n) is 14.0. The van der Waals surface area contributed by atoms with Crippen molar-refractivity contribution in [2.45, 2.75) is 31.9 Å². The Morgan fingerprint density at radius 2 is 1.89 bits per heavy atom. The van der Waals surface area contributed by atoms with Gasteiger partial charge in [0.25, 0.3) is 16.1 Å². The monoisotopic (exact) mass is 394 g/mol. The number of carboxylic acid groups (broad SMARTS) is 1. The number of carbonyl (C=O) groups excluding carboxylic acids is 2. The highest BCUT2D eigenvalue weighted by Gasteiger charge is 2.18. The van der Waals surface area contributed by atoms with Crippen molar-refractivity contribution in [3.63, 3.8) is 0 Å². The highest BCUT2D eigenvalue weighted by atomic mass is 17.0. The van der Waals surface area contributed by atoms with E-state index in [4.69, 9.17) is 10.8 Å². The Bertz CT molecular complexity index is 608. The van der Waals surface area contributed by atoms with Crippen molar-refractivity contribution >= 4 is 23.5 Å². The molecule has 0 fully saturated rings. The highest BCUT2D eigenvalue weighted by molar-refractivity contribution is 6.37. The molecule has 0 bridgehead atoms. The first-order chi connectivity index (χ1) is 12.5. The molecule has 0 unspecified atom stereocenters. The smallest absolute Gasteiger partial charge is 0.320 e. The summed E-state index contributed by atoms with van der Waals surface area (Å²) in [7, 11) is 0. The Balaban J connectivity index is 4.45. The quantitative estimate of drug-likeness (QED) is 0.145. The molecular formula is C11H18N6O10. The minimum Gasteiger partial charge on any atom is -0.480 e. The molecular weight excluding hydrogens is 376 g/mol. The average molecular weight is 394 g/mol. The lowest BCUT2D eigenvalue weighted by Crippen LogP contribution is -2.40. The van der Waals surface area contributed by atoms with E-state index < -0.39 is 53.3 Å². The number of aliphatic carboxylic acids is 1. The number of nitrogens with two attached hydrogens (primary N) is 1. The maximum atomic E-state index is 11.7. The van der Waals surface area contributed by atoms with E-state index in [1.807, 2.05) is 5.43 Å². The van der Waals surface area contributed by atoms with Crippen molar-refractivity contribution in [2.75, 3.05) is 13.2 Å². The summed E-state index contributed by atoms with van der Waals surface area (Å²) in [5.41, 5.74) is 6.98. The third kappa shape index (κ3) is 11.6. The maximum Gasteiger partial charge on any atom is 0.320 e. The lowest BCUT2D eigenvalue weighted by atomic mass is 10.2. The number of rotatable bonds is 13. The van der Waals surface area contributed by atoms with E-state index in [2.05, 4.69) is 20.1 Å². The maximum absolute atomic E-state index is 11.7. The first-order valence-corrected chi connectivity index (χ1v) is 7.21. The van der Waals surface area contributed by atoms with E-state index in [0.29, 0.717) is 0 Å². The van der Waals surface area contributed by atoms with Gasteiger partial charge in [-0.1, -0.05) is 0 Å². The van der Waals surface area contributed by atoms with Gasteiger partial charge in [0.05, 0.1) is 0 Å². The van der Waals surface area contributed by atoms with Crippen LogP contribution in [0.15, 0.2) is 5.10 Å². The fourth-order valence-corrected chi connectivity index (χ4v) is 1.39. The molecule has 0 rings (SSSR count). The lowest BCUT2D eigenvalue weighted by Gasteiger charge is -2.14. The fraction of sp³-hybridized carbons (Fsp3) is 0.636. The first-order valence-electron chi connectivity index (χ1n) is 7.21. The molecule has 16 nitrogen and oxygen atoms in total. The third-order valence-electron chi connectivity index (χ3n) is 2.77. The average Bonchev–Trinajstić information content (AvgIpc) is 2.58. The number of amides is 2. The minimum absolute atomic E-state index is 0.141. The number of hydrogen-bond acceptors (Lipinski definition) is 11. The van der Waals surface area contributed by atoms with Gasteiger partial charge in [-0.3, -0.25) is 14.4 Å². The number of carboxylic acids is 1. The number of hydrazone groups is 1. The molecule has 0 aromatic heterocycles. The van der Waals surface area contributed by atoms with Crippen molar-refractivity contribution in [2.24, 2.45) is 10.8 Å². The Labute approximate surface area is 150 Å². The topological polar surface area (TPSA) is 239 Å². The van der Waals surface area contributed by atoms with Crippen LogP contribution in [0.3, 0.4) is 0 Å². The van der Waals surface area contributed by atoms with Crippen molar-refractivity contribution in [1.82, 2.24) is 10.7 Å². The molecule has 2 atom stereocenters. The van der Waals surface area contributed by atoms with Crippen LogP contribution in [0.25, 0.3) is 0 Å². The summed E-state index contributed by atoms with van der Waals surface area (Å²) in [6, 6.07) is -1.22. The summed E-state index contributed by atoms with van der Waals surface area (Å²) in [4.78, 5) is 62.1. The molecule has 5 N–H and O–H groups in total. The summed E-state index contributed by atoms with van der Waals surface area (Å²) in [6.07, 6.45) is -1.84. The number of nitrogens with one attached hydrogen (secondary N) is 2. The molecule has 16 heteroatoms. The van der Waals surface area contributed by atoms with Crippen LogP contribution in [0.2, 0.25) is 0 Å². The second-order valence-corrected chi connectivity index (χ2v) is 4.90. The zero-order valence-corrected chi connectivity index (χ0v) is 14.0. The molecule has 0 heterocycles. The van der Waals surface area contributed by atoms with Crippen molar-refractivity contribution in [3.05, 3.63) is 20.2 Å². The first kappa shape index (κ1) is 23.4. The fourth-order valence-electron chi connectivity index (χ4n) is 1.39. The van der Waals surface area contributed by atoms with E-state index in [1.165, 1.54) is 6.92 Å². The Morgan fingerprint density at radius 3 is 2.41 bits per heavy atom. The molecule has 0 aromatic rings. The molecule has 0 aliphatic rings. The van der Waals surface area contributed by atoms with Crippen LogP contribution in [0, 0.1) is 20.2 Å². The van der Waals surface area contributed by atoms with Crippen molar-refractivity contribution in [1.29, 1.82) is 0 Å². The Kier molecular flexibility index (Phi) is 10.3. The summed E-state index contributed by atoms with van der Waals surface area (Å²) in [6.45, 7) is -0.109. The SMILES string of the molecule is C/C(=N\NC(=O)CC[C@H](N)C(=O)O)C(=O)NC[C@H](CO[N+](=O)[O-])O[N+](=O)[O-]. The molecule has 27 heavy (non-hydrogen) atoms. The Morgan fingerprint density at radius 1 is 1.26 bits per heavy atom. The van der Waals surface area contributed by atoms with Gasteiger partial charge in [0, 0.05) is 13.0 Å². The van der Waals surface area contributed by atoms with Gasteiger partial charge in [-0.15, -0.1) is 20.2 Å². The number of carbonyl (C=O) groups is 3. The van der Waals surface area contributed by atoms with Crippen LogP contribution in [-0.2, 0) is 24.1 Å². The Hall–Kier alpha value is -3.56. The van der Waals surface area contributed by atoms with E-state index in [1.54, 1.807) is 0 Å². The van der Waals surface area contributed by atoms with Gasteiger partial charge in [-0.2, -0.15) is 5.10 Å². The third-order valence-corrected chi connectivity index (χ3v) is 2.77. The highest BCUT2D eigenvalue weighted by Crippen LogP contribution is 1.96. The van der Waals surface area contributed by atoms with Crippen LogP contribution in [0.1, 0.15) is 19.8 Å². The summed E-state index contributed by atoms with van der Waals surface area (Å²) in [5, 5.41) is 32.2. The number of hydrogen-bond donors (Lipinski definition) is 4. The van der Waals surface area contributed by atoms with Crippen molar-refractivity contribution < 1.29 is 39.3 Å². The molecule has 0 aliphatic heterocycles. The van der Waals surface area contributed by atoms with Crippen molar-refractivity contribution in [3.8, 4) is 0 Å². The van der Waals surface area contributed by atoms with Gasteiger partial charge < -0.3 is 25.8 Å². The molecule has 0 radical (unpaired) electrons. The second-order valence-electron chi connectivity index (χ2n) is 4.90. The van der Waals surface area contributed by atoms with Gasteiger partial charge in [-0.25, -0.2) is 5.43 Å². The van der Waals surface area contributed by atoms with E-state index in [0.717, 1.165) is 0 Å². The van der Waals surface area contributed by atoms with Gasteiger partial charge >= 0.3 is 5.97 Å². The van der Waals surface area contributed by atoms with Gasteiger partial charge in [0.2, 0.25) is 5.91 Å². The number of nitrogens with zero attached hydrogens (tertiary/aromatic N) is 3. The molecule has 0 aliphatic carbocycles. The standard InChI is InChI=1S/C11H18N6O10/c1-6(14-15-9(18)3-2-8(12)11(20)21)10(19)13-4-7(27-17(24)25)5-26-16(22)23/h7-8H,2-5,12H2,1H3,(H,13,19)(H,15,18)(H,20,21)/b14-6+/t7-,8+/m1/s1. The van der Waals surface area contributed by atoms with E-state index >= 15 is 0 Å². The summed E-state index contributed by atoms with van der Waals surface area (Å²) < 4.78 is 0. The van der Waals surface area contributed by atoms with Gasteiger partial charge in [-0.05, 0) is 13.3 Å². The predicted octanol–water partition coefficient (Wildman–Crippen LogP) is -2.43. The zero-order chi connectivity index (χ0) is 21.0. The molecule has 2 amide bonds. The summed E-state index contributed by atoms with van der Waals surface area (Å²) >= 11 is 0. The molecule has 0 saturated carbocycles. The van der Waals surface area contributed by atoms with E-state index in [-0.39, 0.29) is 18.6 Å². The van der Waals surface area contributed by atoms with E-state index in [9.17, 15) is 34.6 Å². The molecule has 0 saturated heterocycles. The van der Waals surface area contributed by atoms with Crippen LogP contribution in [0.5, 0.6) is 0 Å². The summed E-state index contributed by atoms with van der Waals surface area (Å²) in [5.74, 6) is -2.81. The normalized spacial score (nSPS) is 13.0. The minimum atomic E-state index is -1.45. The van der Waals surface area contributed by atoms with Gasteiger partial charge in [0.15, 0.2) is 0 Å².